The van der Waals surface area contributed by atoms with E-state index in [0.29, 0.717) is 17.2 Å². The van der Waals surface area contributed by atoms with Crippen molar-refractivity contribution in [2.24, 2.45) is 0 Å². The minimum Gasteiger partial charge on any atom is -0.468 e. The van der Waals surface area contributed by atoms with E-state index in [-0.39, 0.29) is 5.97 Å². The maximum atomic E-state index is 12.0. The molecule has 0 radical (unpaired) electrons. The second kappa shape index (κ2) is 6.92. The van der Waals surface area contributed by atoms with Gasteiger partial charge in [0.2, 0.25) is 5.06 Å². The Morgan fingerprint density at radius 2 is 1.63 bits per heavy atom. The number of aromatic nitrogens is 2. The molecule has 6 nitrogen and oxygen atoms in total. The molecule has 0 saturated heterocycles. The minimum atomic E-state index is -0.455. The summed E-state index contributed by atoms with van der Waals surface area (Å²) in [7, 11) is 1.43. The maximum absolute atomic E-state index is 12.0. The molecule has 27 heavy (non-hydrogen) atoms. The van der Waals surface area contributed by atoms with Crippen molar-refractivity contribution in [1.82, 2.24) is 9.59 Å². The SMILES string of the molecule is COC(=O)C1(c2ccc(-c3ccc(-c4nnsc4OC=O)cc3)cc2)CC1. The predicted octanol–water partition coefficient (Wildman–Crippen LogP) is 3.61. The van der Waals surface area contributed by atoms with Crippen LogP contribution in [0.4, 0.5) is 0 Å². The molecule has 3 aromatic rings. The van der Waals surface area contributed by atoms with Crippen molar-refractivity contribution in [2.75, 3.05) is 7.11 Å². The van der Waals surface area contributed by atoms with E-state index in [2.05, 4.69) is 9.59 Å². The molecule has 1 heterocycles. The summed E-state index contributed by atoms with van der Waals surface area (Å²) in [6, 6.07) is 15.8. The van der Waals surface area contributed by atoms with Gasteiger partial charge in [0.15, 0.2) is 0 Å². The second-order valence-corrected chi connectivity index (χ2v) is 7.07. The molecule has 0 amide bonds. The summed E-state index contributed by atoms with van der Waals surface area (Å²) >= 11 is 1.03. The Bertz CT molecular complexity index is 976. The van der Waals surface area contributed by atoms with Crippen LogP contribution in [0.3, 0.4) is 0 Å². The van der Waals surface area contributed by atoms with Crippen LogP contribution < -0.4 is 4.74 Å². The molecule has 1 saturated carbocycles. The molecule has 0 aliphatic heterocycles. The van der Waals surface area contributed by atoms with Crippen molar-refractivity contribution in [3.8, 4) is 27.4 Å². The van der Waals surface area contributed by atoms with Crippen LogP contribution in [0.1, 0.15) is 18.4 Å². The quantitative estimate of drug-likeness (QED) is 0.480. The van der Waals surface area contributed by atoms with E-state index in [9.17, 15) is 9.59 Å². The molecule has 7 heteroatoms. The molecule has 0 atom stereocenters. The lowest BCUT2D eigenvalue weighted by molar-refractivity contribution is -0.143. The number of ether oxygens (including phenoxy) is 2. The number of nitrogens with zero attached hydrogens (tertiary/aromatic N) is 2. The number of esters is 1. The molecular formula is C20H16N2O4S. The van der Waals surface area contributed by atoms with E-state index in [1.165, 1.54) is 7.11 Å². The Kier molecular flexibility index (Phi) is 4.45. The summed E-state index contributed by atoms with van der Waals surface area (Å²) in [4.78, 5) is 22.6. The van der Waals surface area contributed by atoms with Gasteiger partial charge in [-0.25, -0.2) is 0 Å². The monoisotopic (exact) mass is 380 g/mol. The molecule has 0 spiro atoms. The third-order valence-electron chi connectivity index (χ3n) is 4.87. The van der Waals surface area contributed by atoms with E-state index in [1.807, 2.05) is 48.5 Å². The van der Waals surface area contributed by atoms with Crippen molar-refractivity contribution in [3.63, 3.8) is 0 Å². The summed E-state index contributed by atoms with van der Waals surface area (Å²) in [6.07, 6.45) is 1.67. The summed E-state index contributed by atoms with van der Waals surface area (Å²) in [5.41, 5.74) is 4.00. The Morgan fingerprint density at radius 3 is 2.19 bits per heavy atom. The molecule has 136 valence electrons. The molecule has 2 aromatic carbocycles. The van der Waals surface area contributed by atoms with E-state index < -0.39 is 5.41 Å². The molecule has 0 bridgehead atoms. The standard InChI is InChI=1S/C20H16N2O4S/c1-25-19(24)20(10-11-20)16-8-6-14(7-9-16)13-2-4-15(5-3-13)17-18(26-12-23)27-22-21-17/h2-9,12H,10-11H2,1H3. The van der Waals surface area contributed by atoms with Gasteiger partial charge < -0.3 is 9.47 Å². The first-order chi connectivity index (χ1) is 13.2. The number of hydrogen-bond acceptors (Lipinski definition) is 7. The Morgan fingerprint density at radius 1 is 1.04 bits per heavy atom. The summed E-state index contributed by atoms with van der Waals surface area (Å²) in [5, 5.41) is 4.39. The van der Waals surface area contributed by atoms with Gasteiger partial charge in [-0.05, 0) is 29.5 Å². The largest absolute Gasteiger partial charge is 0.468 e. The van der Waals surface area contributed by atoms with Crippen LogP contribution in [-0.4, -0.2) is 29.1 Å². The lowest BCUT2D eigenvalue weighted by Gasteiger charge is -2.13. The van der Waals surface area contributed by atoms with E-state index in [1.54, 1.807) is 0 Å². The van der Waals surface area contributed by atoms with Crippen molar-refractivity contribution in [1.29, 1.82) is 0 Å². The highest BCUT2D eigenvalue weighted by molar-refractivity contribution is 7.08. The number of carbonyl (C=O) groups is 2. The summed E-state index contributed by atoms with van der Waals surface area (Å²) < 4.78 is 13.7. The number of methoxy groups -OCH3 is 1. The highest BCUT2D eigenvalue weighted by atomic mass is 32.1. The van der Waals surface area contributed by atoms with Gasteiger partial charge in [0.1, 0.15) is 5.69 Å². The molecule has 0 N–H and O–H groups in total. The van der Waals surface area contributed by atoms with Gasteiger partial charge in [0.05, 0.1) is 12.5 Å². The van der Waals surface area contributed by atoms with Gasteiger partial charge >= 0.3 is 5.97 Å². The molecular weight excluding hydrogens is 364 g/mol. The van der Waals surface area contributed by atoms with Crippen molar-refractivity contribution in [3.05, 3.63) is 54.1 Å². The third-order valence-corrected chi connectivity index (χ3v) is 5.49. The number of carbonyl (C=O) groups excluding carboxylic acids is 2. The van der Waals surface area contributed by atoms with E-state index in [4.69, 9.17) is 9.47 Å². The zero-order valence-corrected chi connectivity index (χ0v) is 15.4. The first kappa shape index (κ1) is 17.4. The fourth-order valence-electron chi connectivity index (χ4n) is 3.21. The van der Waals surface area contributed by atoms with E-state index >= 15 is 0 Å². The average Bonchev–Trinajstić information content (AvgIpc) is 3.41. The Hall–Kier alpha value is -3.06. The normalized spacial score (nSPS) is 14.4. The van der Waals surface area contributed by atoms with Gasteiger partial charge in [0.25, 0.3) is 6.47 Å². The van der Waals surface area contributed by atoms with Gasteiger partial charge in [-0.3, -0.25) is 9.59 Å². The fraction of sp³-hybridized carbons (Fsp3) is 0.200. The number of benzene rings is 2. The first-order valence-corrected chi connectivity index (χ1v) is 9.18. The molecule has 1 aliphatic carbocycles. The molecule has 1 aromatic heterocycles. The van der Waals surface area contributed by atoms with Gasteiger partial charge in [-0.15, -0.1) is 5.10 Å². The lowest BCUT2D eigenvalue weighted by Crippen LogP contribution is -2.21. The average molecular weight is 380 g/mol. The Labute approximate surface area is 159 Å². The third kappa shape index (κ3) is 3.10. The summed E-state index contributed by atoms with van der Waals surface area (Å²) in [5.74, 6) is -0.162. The van der Waals surface area contributed by atoms with Crippen molar-refractivity contribution in [2.45, 2.75) is 18.3 Å². The van der Waals surface area contributed by atoms with Crippen LogP contribution in [0.5, 0.6) is 5.06 Å². The second-order valence-electron chi connectivity index (χ2n) is 6.35. The van der Waals surface area contributed by atoms with Crippen molar-refractivity contribution < 1.29 is 19.1 Å². The van der Waals surface area contributed by atoms with Crippen molar-refractivity contribution >= 4 is 24.0 Å². The van der Waals surface area contributed by atoms with Gasteiger partial charge in [-0.1, -0.05) is 53.0 Å². The Balaban J connectivity index is 1.57. The number of hydrogen-bond donors (Lipinski definition) is 0. The first-order valence-electron chi connectivity index (χ1n) is 8.40. The van der Waals surface area contributed by atoms with Crippen LogP contribution in [0.15, 0.2) is 48.5 Å². The topological polar surface area (TPSA) is 78.4 Å². The zero-order chi connectivity index (χ0) is 18.9. The minimum absolute atomic E-state index is 0.162. The van der Waals surface area contributed by atoms with Crippen LogP contribution in [0.25, 0.3) is 22.4 Å². The van der Waals surface area contributed by atoms with Gasteiger partial charge in [0, 0.05) is 17.1 Å². The lowest BCUT2D eigenvalue weighted by atomic mass is 9.93. The highest BCUT2D eigenvalue weighted by Crippen LogP contribution is 2.49. The smallest absolute Gasteiger partial charge is 0.316 e. The van der Waals surface area contributed by atoms with Crippen LogP contribution >= 0.6 is 11.5 Å². The molecule has 4 rings (SSSR count). The predicted molar refractivity (Wildman–Crippen MR) is 100 cm³/mol. The zero-order valence-electron chi connectivity index (χ0n) is 14.5. The summed E-state index contributed by atoms with van der Waals surface area (Å²) in [6.45, 7) is 0.371. The van der Waals surface area contributed by atoms with Crippen LogP contribution in [0.2, 0.25) is 0 Å². The maximum Gasteiger partial charge on any atom is 0.316 e. The molecule has 1 fully saturated rings. The van der Waals surface area contributed by atoms with Gasteiger partial charge in [-0.2, -0.15) is 0 Å². The fourth-order valence-corrected chi connectivity index (χ4v) is 3.74. The van der Waals surface area contributed by atoms with E-state index in [0.717, 1.165) is 46.6 Å². The molecule has 0 unspecified atom stereocenters. The van der Waals surface area contributed by atoms with Crippen LogP contribution in [-0.2, 0) is 19.7 Å². The molecule has 1 aliphatic rings. The highest BCUT2D eigenvalue weighted by Gasteiger charge is 2.52. The van der Waals surface area contributed by atoms with Crippen LogP contribution in [0, 0.1) is 0 Å². The number of rotatable bonds is 6.